The number of anilines is 1. The van der Waals surface area contributed by atoms with E-state index >= 15 is 0 Å². The number of fused-ring (bicyclic) bond motifs is 1. The molecule has 1 aromatic heterocycles. The second-order valence-corrected chi connectivity index (χ2v) is 3.87. The van der Waals surface area contributed by atoms with E-state index in [1.807, 2.05) is 0 Å². The van der Waals surface area contributed by atoms with E-state index in [2.05, 4.69) is 5.32 Å². The van der Waals surface area contributed by atoms with Gasteiger partial charge in [0.25, 0.3) is 0 Å². The molecule has 1 N–H and O–H groups in total. The molecule has 0 saturated carbocycles. The van der Waals surface area contributed by atoms with Crippen molar-refractivity contribution in [2.75, 3.05) is 11.2 Å². The minimum absolute atomic E-state index is 0.142. The van der Waals surface area contributed by atoms with Crippen LogP contribution in [-0.4, -0.2) is 11.8 Å². The van der Waals surface area contributed by atoms with Crippen LogP contribution in [0.2, 0.25) is 0 Å². The maximum Gasteiger partial charge on any atom is 0.336 e. The van der Waals surface area contributed by atoms with E-state index in [0.717, 1.165) is 5.39 Å². The summed E-state index contributed by atoms with van der Waals surface area (Å²) in [6.07, 6.45) is 0.267. The summed E-state index contributed by atoms with van der Waals surface area (Å²) in [5.41, 5.74) is 0.755. The lowest BCUT2D eigenvalue weighted by molar-refractivity contribution is -0.115. The number of hydrogen-bond acceptors (Lipinski definition) is 3. The maximum atomic E-state index is 11.3. The van der Waals surface area contributed by atoms with Gasteiger partial charge in [0.1, 0.15) is 5.58 Å². The van der Waals surface area contributed by atoms with Crippen LogP contribution in [-0.2, 0) is 4.79 Å². The summed E-state index contributed by atoms with van der Waals surface area (Å²) in [4.78, 5) is 22.3. The Hall–Kier alpha value is -1.81. The van der Waals surface area contributed by atoms with Crippen molar-refractivity contribution in [1.29, 1.82) is 0 Å². The van der Waals surface area contributed by atoms with E-state index in [9.17, 15) is 9.59 Å². The molecule has 88 valence electrons. The van der Waals surface area contributed by atoms with Crippen LogP contribution in [0.3, 0.4) is 0 Å². The highest BCUT2D eigenvalue weighted by Gasteiger charge is 2.03. The minimum Gasteiger partial charge on any atom is -0.423 e. The molecule has 0 fully saturated rings. The summed E-state index contributed by atoms with van der Waals surface area (Å²) in [5.74, 6) is 0.144. The zero-order valence-electron chi connectivity index (χ0n) is 8.90. The number of carbonyl (C=O) groups is 1. The molecule has 4 nitrogen and oxygen atoms in total. The van der Waals surface area contributed by atoms with Crippen molar-refractivity contribution in [3.63, 3.8) is 0 Å². The Morgan fingerprint density at radius 1 is 1.29 bits per heavy atom. The zero-order chi connectivity index (χ0) is 12.3. The Kier molecular flexibility index (Phi) is 3.44. The lowest BCUT2D eigenvalue weighted by atomic mass is 10.2. The van der Waals surface area contributed by atoms with Gasteiger partial charge in [-0.05, 0) is 24.3 Å². The Labute approximate surface area is 102 Å². The van der Waals surface area contributed by atoms with Crippen LogP contribution in [0.25, 0.3) is 11.0 Å². The van der Waals surface area contributed by atoms with E-state index < -0.39 is 5.63 Å². The van der Waals surface area contributed by atoms with Gasteiger partial charge in [0.15, 0.2) is 0 Å². The number of rotatable bonds is 3. The van der Waals surface area contributed by atoms with Crippen LogP contribution in [0.15, 0.2) is 39.5 Å². The lowest BCUT2D eigenvalue weighted by Gasteiger charge is -2.04. The quantitative estimate of drug-likeness (QED) is 0.673. The van der Waals surface area contributed by atoms with Gasteiger partial charge < -0.3 is 9.73 Å². The highest BCUT2D eigenvalue weighted by Crippen LogP contribution is 2.17. The number of halogens is 1. The molecule has 0 aliphatic heterocycles. The molecule has 5 heteroatoms. The molecule has 1 aromatic carbocycles. The first kappa shape index (κ1) is 11.7. The molecule has 1 heterocycles. The van der Waals surface area contributed by atoms with Gasteiger partial charge in [0, 0.05) is 29.4 Å². The van der Waals surface area contributed by atoms with Gasteiger partial charge in [-0.3, -0.25) is 4.79 Å². The molecule has 0 atom stereocenters. The predicted octanol–water partition coefficient (Wildman–Crippen LogP) is 2.36. The average molecular weight is 252 g/mol. The van der Waals surface area contributed by atoms with Crippen molar-refractivity contribution < 1.29 is 9.21 Å². The minimum atomic E-state index is -0.392. The van der Waals surface area contributed by atoms with E-state index in [-0.39, 0.29) is 18.2 Å². The maximum absolute atomic E-state index is 11.3. The molecule has 0 spiro atoms. The van der Waals surface area contributed by atoms with Gasteiger partial charge >= 0.3 is 5.63 Å². The SMILES string of the molecule is O=C(CCCl)Nc1ccc2oc(=O)ccc2c1. The fourth-order valence-electron chi connectivity index (χ4n) is 1.46. The van der Waals surface area contributed by atoms with E-state index in [1.165, 1.54) is 6.07 Å². The first-order valence-corrected chi connectivity index (χ1v) is 5.62. The summed E-state index contributed by atoms with van der Waals surface area (Å²) in [6, 6.07) is 8.06. The molecule has 2 aromatic rings. The van der Waals surface area contributed by atoms with Crippen LogP contribution in [0, 0.1) is 0 Å². The smallest absolute Gasteiger partial charge is 0.336 e. The van der Waals surface area contributed by atoms with Gasteiger partial charge in [-0.2, -0.15) is 0 Å². The van der Waals surface area contributed by atoms with Gasteiger partial charge in [0.2, 0.25) is 5.91 Å². The van der Waals surface area contributed by atoms with Gasteiger partial charge in [-0.1, -0.05) is 0 Å². The van der Waals surface area contributed by atoms with Crippen LogP contribution >= 0.6 is 11.6 Å². The fraction of sp³-hybridized carbons (Fsp3) is 0.167. The molecule has 0 saturated heterocycles. The van der Waals surface area contributed by atoms with Gasteiger partial charge in [0.05, 0.1) is 0 Å². The molecule has 17 heavy (non-hydrogen) atoms. The van der Waals surface area contributed by atoms with Crippen molar-refractivity contribution in [1.82, 2.24) is 0 Å². The standard InChI is InChI=1S/C12H10ClNO3/c13-6-5-11(15)14-9-2-3-10-8(7-9)1-4-12(16)17-10/h1-4,7H,5-6H2,(H,14,15). The first-order chi connectivity index (χ1) is 8.19. The second kappa shape index (κ2) is 5.01. The predicted molar refractivity (Wildman–Crippen MR) is 66.5 cm³/mol. The number of amides is 1. The van der Waals surface area contributed by atoms with Crippen molar-refractivity contribution in [3.8, 4) is 0 Å². The van der Waals surface area contributed by atoms with Crippen molar-refractivity contribution >= 4 is 34.2 Å². The normalized spacial score (nSPS) is 10.4. The Bertz CT molecular complexity index is 606. The third kappa shape index (κ3) is 2.85. The van der Waals surface area contributed by atoms with Crippen LogP contribution in [0.4, 0.5) is 5.69 Å². The summed E-state index contributed by atoms with van der Waals surface area (Å²) >= 11 is 5.46. The van der Waals surface area contributed by atoms with E-state index in [1.54, 1.807) is 24.3 Å². The molecule has 0 aliphatic rings. The summed E-state index contributed by atoms with van der Waals surface area (Å²) in [5, 5.41) is 3.46. The largest absolute Gasteiger partial charge is 0.423 e. The summed E-state index contributed by atoms with van der Waals surface area (Å²) in [6.45, 7) is 0. The molecular formula is C12H10ClNO3. The molecule has 0 aliphatic carbocycles. The molecule has 0 bridgehead atoms. The average Bonchev–Trinajstić information content (AvgIpc) is 2.29. The Morgan fingerprint density at radius 3 is 2.88 bits per heavy atom. The number of carbonyl (C=O) groups excluding carboxylic acids is 1. The highest BCUT2D eigenvalue weighted by molar-refractivity contribution is 6.19. The third-order valence-electron chi connectivity index (χ3n) is 2.22. The summed E-state index contributed by atoms with van der Waals surface area (Å²) < 4.78 is 4.98. The van der Waals surface area contributed by atoms with Gasteiger partial charge in [-0.15, -0.1) is 11.6 Å². The fourth-order valence-corrected chi connectivity index (χ4v) is 1.63. The lowest BCUT2D eigenvalue weighted by Crippen LogP contribution is -2.11. The number of hydrogen-bond donors (Lipinski definition) is 1. The zero-order valence-corrected chi connectivity index (χ0v) is 9.66. The van der Waals surface area contributed by atoms with E-state index in [0.29, 0.717) is 11.3 Å². The molecule has 2 rings (SSSR count). The van der Waals surface area contributed by atoms with Crippen molar-refractivity contribution in [2.45, 2.75) is 6.42 Å². The number of alkyl halides is 1. The Balaban J connectivity index is 2.29. The Morgan fingerprint density at radius 2 is 2.12 bits per heavy atom. The second-order valence-electron chi connectivity index (χ2n) is 3.49. The van der Waals surface area contributed by atoms with Crippen LogP contribution < -0.4 is 10.9 Å². The topological polar surface area (TPSA) is 59.3 Å². The van der Waals surface area contributed by atoms with Crippen LogP contribution in [0.5, 0.6) is 0 Å². The van der Waals surface area contributed by atoms with Gasteiger partial charge in [-0.25, -0.2) is 4.79 Å². The van der Waals surface area contributed by atoms with Crippen LogP contribution in [0.1, 0.15) is 6.42 Å². The van der Waals surface area contributed by atoms with Crippen molar-refractivity contribution in [3.05, 3.63) is 40.8 Å². The molecule has 0 unspecified atom stereocenters. The molecule has 1 amide bonds. The monoisotopic (exact) mass is 251 g/mol. The number of nitrogens with one attached hydrogen (secondary N) is 1. The molecule has 0 radical (unpaired) electrons. The highest BCUT2D eigenvalue weighted by atomic mass is 35.5. The third-order valence-corrected chi connectivity index (χ3v) is 2.41. The molecular weight excluding hydrogens is 242 g/mol. The summed E-state index contributed by atoms with van der Waals surface area (Å²) in [7, 11) is 0. The van der Waals surface area contributed by atoms with E-state index in [4.69, 9.17) is 16.0 Å². The van der Waals surface area contributed by atoms with Crippen molar-refractivity contribution in [2.24, 2.45) is 0 Å². The first-order valence-electron chi connectivity index (χ1n) is 5.09. The number of benzene rings is 1.